The van der Waals surface area contributed by atoms with Crippen LogP contribution in [0.2, 0.25) is 5.02 Å². The van der Waals surface area contributed by atoms with Crippen LogP contribution in [0.15, 0.2) is 18.2 Å². The van der Waals surface area contributed by atoms with E-state index < -0.39 is 0 Å². The molecular weight excluding hydrogens is 255 g/mol. The molecule has 3 nitrogen and oxygen atoms in total. The van der Waals surface area contributed by atoms with E-state index in [1.54, 1.807) is 12.1 Å². The predicted molar refractivity (Wildman–Crippen MR) is 70.2 cm³/mol. The zero-order chi connectivity index (χ0) is 13.1. The van der Waals surface area contributed by atoms with E-state index in [9.17, 15) is 4.39 Å². The van der Waals surface area contributed by atoms with Gasteiger partial charge in [0.2, 0.25) is 0 Å². The summed E-state index contributed by atoms with van der Waals surface area (Å²) in [7, 11) is 1.96. The first-order valence-electron chi connectivity index (χ1n) is 6.08. The third-order valence-electron chi connectivity index (χ3n) is 3.51. The molecule has 1 aliphatic rings. The van der Waals surface area contributed by atoms with Crippen molar-refractivity contribution in [2.45, 2.75) is 18.5 Å². The molecule has 1 heterocycles. The van der Waals surface area contributed by atoms with Crippen molar-refractivity contribution >= 4 is 11.6 Å². The van der Waals surface area contributed by atoms with E-state index in [0.717, 1.165) is 13.0 Å². The summed E-state index contributed by atoms with van der Waals surface area (Å²) in [6.45, 7) is 1.78. The van der Waals surface area contributed by atoms with Crippen LogP contribution in [0.25, 0.3) is 0 Å². The highest BCUT2D eigenvalue weighted by Gasteiger charge is 2.28. The maximum absolute atomic E-state index is 13.9. The summed E-state index contributed by atoms with van der Waals surface area (Å²) < 4.78 is 19.2. The van der Waals surface area contributed by atoms with Gasteiger partial charge in [-0.05, 0) is 31.7 Å². The fraction of sp³-hybridized carbons (Fsp3) is 0.538. The molecular formula is C13H18ClFN2O. The van der Waals surface area contributed by atoms with Crippen molar-refractivity contribution in [3.8, 4) is 0 Å². The molecule has 0 saturated carbocycles. The Morgan fingerprint density at radius 3 is 3.00 bits per heavy atom. The number of halogens is 2. The van der Waals surface area contributed by atoms with Crippen molar-refractivity contribution in [2.24, 2.45) is 5.73 Å². The standard InChI is InChI=1S/C13H18ClFN2O/c1-17(10-4-5-18-8-10)13(7-16)11-6-9(14)2-3-12(11)15/h2-3,6,10,13H,4-5,7-8,16H2,1H3. The van der Waals surface area contributed by atoms with Crippen molar-refractivity contribution in [3.05, 3.63) is 34.6 Å². The summed E-state index contributed by atoms with van der Waals surface area (Å²) in [6, 6.07) is 4.71. The first-order chi connectivity index (χ1) is 8.63. The number of benzene rings is 1. The molecule has 0 radical (unpaired) electrons. The Morgan fingerprint density at radius 2 is 2.39 bits per heavy atom. The lowest BCUT2D eigenvalue weighted by Gasteiger charge is -2.32. The van der Waals surface area contributed by atoms with Crippen LogP contribution in [0.3, 0.4) is 0 Å². The van der Waals surface area contributed by atoms with Gasteiger partial charge >= 0.3 is 0 Å². The number of hydrogen-bond donors (Lipinski definition) is 1. The maximum atomic E-state index is 13.9. The van der Waals surface area contributed by atoms with Gasteiger partial charge in [0, 0.05) is 29.8 Å². The average Bonchev–Trinajstić information content (AvgIpc) is 2.88. The molecule has 1 aromatic carbocycles. The zero-order valence-corrected chi connectivity index (χ0v) is 11.2. The highest BCUT2D eigenvalue weighted by Crippen LogP contribution is 2.27. The van der Waals surface area contributed by atoms with Gasteiger partial charge in [-0.25, -0.2) is 4.39 Å². The third-order valence-corrected chi connectivity index (χ3v) is 3.75. The molecule has 0 aromatic heterocycles. The van der Waals surface area contributed by atoms with Crippen LogP contribution in [0.5, 0.6) is 0 Å². The molecule has 5 heteroatoms. The molecule has 2 unspecified atom stereocenters. The van der Waals surface area contributed by atoms with E-state index in [1.807, 2.05) is 7.05 Å². The van der Waals surface area contributed by atoms with Crippen molar-refractivity contribution < 1.29 is 9.13 Å². The molecule has 2 atom stereocenters. The monoisotopic (exact) mass is 272 g/mol. The van der Waals surface area contributed by atoms with Crippen LogP contribution in [-0.4, -0.2) is 37.7 Å². The highest BCUT2D eigenvalue weighted by atomic mass is 35.5. The summed E-state index contributed by atoms with van der Waals surface area (Å²) in [4.78, 5) is 2.09. The second-order valence-corrected chi connectivity index (χ2v) is 5.04. The lowest BCUT2D eigenvalue weighted by Crippen LogP contribution is -2.39. The Hall–Kier alpha value is -0.680. The second kappa shape index (κ2) is 5.97. The van der Waals surface area contributed by atoms with Crippen LogP contribution in [0, 0.1) is 5.82 Å². The van der Waals surface area contributed by atoms with Gasteiger partial charge in [-0.2, -0.15) is 0 Å². The zero-order valence-electron chi connectivity index (χ0n) is 10.4. The minimum atomic E-state index is -0.263. The van der Waals surface area contributed by atoms with Gasteiger partial charge in [0.25, 0.3) is 0 Å². The predicted octanol–water partition coefficient (Wildman–Crippen LogP) is 2.20. The fourth-order valence-electron chi connectivity index (χ4n) is 2.38. The van der Waals surface area contributed by atoms with E-state index >= 15 is 0 Å². The van der Waals surface area contributed by atoms with Crippen LogP contribution in [0.1, 0.15) is 18.0 Å². The van der Waals surface area contributed by atoms with Gasteiger partial charge in [0.05, 0.1) is 12.6 Å². The van der Waals surface area contributed by atoms with Crippen molar-refractivity contribution in [1.82, 2.24) is 4.90 Å². The molecule has 1 aliphatic heterocycles. The molecule has 100 valence electrons. The summed E-state index contributed by atoms with van der Waals surface area (Å²) >= 11 is 5.93. The van der Waals surface area contributed by atoms with Crippen LogP contribution in [0.4, 0.5) is 4.39 Å². The molecule has 1 saturated heterocycles. The number of hydrogen-bond acceptors (Lipinski definition) is 3. The Bertz CT molecular complexity index is 410. The second-order valence-electron chi connectivity index (χ2n) is 4.60. The highest BCUT2D eigenvalue weighted by molar-refractivity contribution is 6.30. The van der Waals surface area contributed by atoms with Crippen LogP contribution < -0.4 is 5.73 Å². The van der Waals surface area contributed by atoms with Crippen molar-refractivity contribution in [1.29, 1.82) is 0 Å². The summed E-state index contributed by atoms with van der Waals surface area (Å²) in [5.41, 5.74) is 6.36. The first kappa shape index (κ1) is 13.7. The Labute approximate surface area is 112 Å². The molecule has 2 rings (SSSR count). The smallest absolute Gasteiger partial charge is 0.128 e. The molecule has 2 N–H and O–H groups in total. The minimum absolute atomic E-state index is 0.171. The van der Waals surface area contributed by atoms with Gasteiger partial charge in [-0.1, -0.05) is 11.6 Å². The largest absolute Gasteiger partial charge is 0.380 e. The van der Waals surface area contributed by atoms with E-state index in [0.29, 0.717) is 23.7 Å². The quantitative estimate of drug-likeness (QED) is 0.913. The fourth-order valence-corrected chi connectivity index (χ4v) is 2.56. The molecule has 1 aromatic rings. The van der Waals surface area contributed by atoms with Crippen LogP contribution >= 0.6 is 11.6 Å². The summed E-state index contributed by atoms with van der Waals surface area (Å²) in [6.07, 6.45) is 0.954. The van der Waals surface area contributed by atoms with Crippen LogP contribution in [-0.2, 0) is 4.74 Å². The van der Waals surface area contributed by atoms with Crippen molar-refractivity contribution in [2.75, 3.05) is 26.8 Å². The maximum Gasteiger partial charge on any atom is 0.128 e. The number of nitrogens with zero attached hydrogens (tertiary/aromatic N) is 1. The van der Waals surface area contributed by atoms with Gasteiger partial charge < -0.3 is 10.5 Å². The molecule has 18 heavy (non-hydrogen) atoms. The number of nitrogens with two attached hydrogens (primary N) is 1. The van der Waals surface area contributed by atoms with E-state index in [2.05, 4.69) is 4.90 Å². The van der Waals surface area contributed by atoms with Gasteiger partial charge in [0.1, 0.15) is 5.82 Å². The first-order valence-corrected chi connectivity index (χ1v) is 6.46. The topological polar surface area (TPSA) is 38.5 Å². The summed E-state index contributed by atoms with van der Waals surface area (Å²) in [5, 5.41) is 0.529. The molecule has 0 amide bonds. The van der Waals surface area contributed by atoms with Gasteiger partial charge in [-0.3, -0.25) is 4.90 Å². The Morgan fingerprint density at radius 1 is 1.61 bits per heavy atom. The molecule has 1 fully saturated rings. The number of likely N-dealkylation sites (N-methyl/N-ethyl adjacent to an activating group) is 1. The molecule has 0 bridgehead atoms. The molecule has 0 spiro atoms. The lowest BCUT2D eigenvalue weighted by molar-refractivity contribution is 0.133. The number of ether oxygens (including phenoxy) is 1. The SMILES string of the molecule is CN(C1CCOC1)C(CN)c1cc(Cl)ccc1F. The van der Waals surface area contributed by atoms with Crippen molar-refractivity contribution in [3.63, 3.8) is 0 Å². The summed E-state index contributed by atoms with van der Waals surface area (Å²) in [5.74, 6) is -0.263. The Kier molecular flexibility index (Phi) is 4.56. The number of rotatable bonds is 4. The average molecular weight is 273 g/mol. The normalized spacial score (nSPS) is 21.5. The third kappa shape index (κ3) is 2.83. The van der Waals surface area contributed by atoms with E-state index in [-0.39, 0.29) is 17.9 Å². The van der Waals surface area contributed by atoms with Gasteiger partial charge in [0.15, 0.2) is 0 Å². The lowest BCUT2D eigenvalue weighted by atomic mass is 10.0. The van der Waals surface area contributed by atoms with E-state index in [4.69, 9.17) is 22.1 Å². The Balaban J connectivity index is 2.23. The van der Waals surface area contributed by atoms with E-state index in [1.165, 1.54) is 6.07 Å². The van der Waals surface area contributed by atoms with Gasteiger partial charge in [-0.15, -0.1) is 0 Å². The molecule has 0 aliphatic carbocycles. The minimum Gasteiger partial charge on any atom is -0.380 e.